The van der Waals surface area contributed by atoms with Gasteiger partial charge in [-0.05, 0) is 49.3 Å². The minimum Gasteiger partial charge on any atom is -0.483 e. The number of carboxylic acids is 1. The van der Waals surface area contributed by atoms with Crippen molar-refractivity contribution < 1.29 is 32.6 Å². The van der Waals surface area contributed by atoms with Gasteiger partial charge in [0.15, 0.2) is 16.4 Å². The summed E-state index contributed by atoms with van der Waals surface area (Å²) in [5.41, 5.74) is 1.51. The summed E-state index contributed by atoms with van der Waals surface area (Å²) in [5.74, 6) is -2.19. The average molecular weight is 738 g/mol. The summed E-state index contributed by atoms with van der Waals surface area (Å²) in [6.07, 6.45) is 8.02. The molecule has 0 saturated heterocycles. The molecule has 2 amide bonds. The van der Waals surface area contributed by atoms with Crippen molar-refractivity contribution in [2.24, 2.45) is 5.41 Å². The Morgan fingerprint density at radius 2 is 1.55 bits per heavy atom. The molecule has 276 valence electrons. The second-order valence-electron chi connectivity index (χ2n) is 13.2. The second kappa shape index (κ2) is 18.5. The Morgan fingerprint density at radius 1 is 0.922 bits per heavy atom. The molecule has 10 nitrogen and oxygen atoms in total. The fraction of sp³-hybridized carbons (Fsp3) is 0.462. The molecule has 12 heteroatoms. The minimum atomic E-state index is -3.80. The smallest absolute Gasteiger partial charge is 0.326 e. The first-order chi connectivity index (χ1) is 24.5. The van der Waals surface area contributed by atoms with E-state index in [1.807, 2.05) is 49.6 Å². The number of nitrogens with one attached hydrogen (secondary N) is 2. The van der Waals surface area contributed by atoms with Gasteiger partial charge in [-0.1, -0.05) is 101 Å². The van der Waals surface area contributed by atoms with Crippen LogP contribution in [0.15, 0.2) is 82.6 Å². The van der Waals surface area contributed by atoms with Crippen molar-refractivity contribution in [3.8, 4) is 5.75 Å². The van der Waals surface area contributed by atoms with Gasteiger partial charge in [0.2, 0.25) is 5.91 Å². The van der Waals surface area contributed by atoms with Crippen LogP contribution in [-0.4, -0.2) is 62.5 Å². The molecule has 1 aliphatic heterocycles. The Balaban J connectivity index is 1.67. The van der Waals surface area contributed by atoms with E-state index in [0.29, 0.717) is 29.1 Å². The molecule has 3 aromatic rings. The lowest BCUT2D eigenvalue weighted by Gasteiger charge is -2.37. The molecule has 51 heavy (non-hydrogen) atoms. The summed E-state index contributed by atoms with van der Waals surface area (Å²) in [6.45, 7) is 6.13. The number of nitrogens with zero attached hydrogens (tertiary/aromatic N) is 1. The van der Waals surface area contributed by atoms with Crippen LogP contribution in [0, 0.1) is 5.41 Å². The summed E-state index contributed by atoms with van der Waals surface area (Å²) in [5, 5.41) is 14.8. The topological polar surface area (TPSA) is 142 Å². The van der Waals surface area contributed by atoms with Crippen LogP contribution in [0.2, 0.25) is 0 Å². The summed E-state index contributed by atoms with van der Waals surface area (Å²) in [6, 6.07) is 19.5. The van der Waals surface area contributed by atoms with Crippen LogP contribution in [0.25, 0.3) is 0 Å². The van der Waals surface area contributed by atoms with Gasteiger partial charge in [-0.3, -0.25) is 9.59 Å². The van der Waals surface area contributed by atoms with E-state index in [-0.39, 0.29) is 22.8 Å². The van der Waals surface area contributed by atoms with Gasteiger partial charge < -0.3 is 25.4 Å². The van der Waals surface area contributed by atoms with Gasteiger partial charge in [0, 0.05) is 23.7 Å². The third-order valence-electron chi connectivity index (χ3n) is 9.30. The third-order valence-corrected chi connectivity index (χ3v) is 12.0. The molecule has 0 unspecified atom stereocenters. The van der Waals surface area contributed by atoms with Crippen molar-refractivity contribution in [1.29, 1.82) is 0 Å². The monoisotopic (exact) mass is 737 g/mol. The number of amides is 2. The van der Waals surface area contributed by atoms with Gasteiger partial charge in [-0.25, -0.2) is 13.2 Å². The number of aliphatic carboxylic acids is 1. The molecule has 0 bridgehead atoms. The van der Waals surface area contributed by atoms with E-state index < -0.39 is 51.7 Å². The lowest BCUT2D eigenvalue weighted by molar-refractivity contribution is -0.142. The van der Waals surface area contributed by atoms with E-state index in [9.17, 15) is 27.9 Å². The van der Waals surface area contributed by atoms with Gasteiger partial charge in [0.05, 0.1) is 21.2 Å². The Labute approximate surface area is 306 Å². The van der Waals surface area contributed by atoms with Crippen molar-refractivity contribution in [3.05, 3.63) is 78.4 Å². The van der Waals surface area contributed by atoms with Crippen molar-refractivity contribution >= 4 is 50.8 Å². The van der Waals surface area contributed by atoms with Crippen LogP contribution in [-0.2, 0) is 24.2 Å². The number of fused-ring (bicyclic) bond motifs is 1. The van der Waals surface area contributed by atoms with Gasteiger partial charge in [-0.15, -0.1) is 11.8 Å². The lowest BCUT2D eigenvalue weighted by Crippen LogP contribution is -2.47. The molecule has 0 radical (unpaired) electrons. The molecule has 1 aliphatic rings. The Morgan fingerprint density at radius 3 is 2.12 bits per heavy atom. The predicted molar refractivity (Wildman–Crippen MR) is 203 cm³/mol. The minimum absolute atomic E-state index is 0.0120. The number of benzene rings is 3. The molecule has 3 aromatic carbocycles. The van der Waals surface area contributed by atoms with Gasteiger partial charge >= 0.3 is 5.97 Å². The summed E-state index contributed by atoms with van der Waals surface area (Å²) < 4.78 is 34.9. The molecule has 0 saturated carbocycles. The van der Waals surface area contributed by atoms with E-state index in [4.69, 9.17) is 4.74 Å². The van der Waals surface area contributed by atoms with Crippen LogP contribution >= 0.6 is 11.8 Å². The molecule has 1 heterocycles. The molecular weight excluding hydrogens is 687 g/mol. The van der Waals surface area contributed by atoms with Gasteiger partial charge in [0.1, 0.15) is 17.8 Å². The standard InChI is InChI=1S/C39H51N3O7S2/c1-5-8-21-39(22-9-6-2)26-42(29-19-14-11-15-20-29)31-23-33(50-4)32(24-34(31)51(47,48)27-39)49-25-35(43)41-36(28-17-12-10-13-18-28)37(44)40-30(16-7-3)38(45)46/h10-15,17-20,23-24,30,36H,5-9,16,21-22,25-27H2,1-4H3,(H,40,44)(H,41,43)(H,45,46)/t30-,36+/m0/s1. The van der Waals surface area contributed by atoms with Crippen LogP contribution in [0.5, 0.6) is 5.75 Å². The maximum atomic E-state index is 14.4. The van der Waals surface area contributed by atoms with Crippen molar-refractivity contribution in [2.75, 3.05) is 30.1 Å². The van der Waals surface area contributed by atoms with E-state index in [1.54, 1.807) is 36.4 Å². The zero-order valence-corrected chi connectivity index (χ0v) is 31.7. The maximum absolute atomic E-state index is 14.4. The summed E-state index contributed by atoms with van der Waals surface area (Å²) in [4.78, 5) is 41.4. The fourth-order valence-corrected chi connectivity index (χ4v) is 9.34. The molecule has 3 N–H and O–H groups in total. The maximum Gasteiger partial charge on any atom is 0.326 e. The molecule has 0 spiro atoms. The first-order valence-corrected chi connectivity index (χ1v) is 20.6. The molecule has 2 atom stereocenters. The van der Waals surface area contributed by atoms with Crippen LogP contribution in [0.4, 0.5) is 11.4 Å². The second-order valence-corrected chi connectivity index (χ2v) is 16.1. The van der Waals surface area contributed by atoms with Gasteiger partial charge in [0.25, 0.3) is 5.91 Å². The number of unbranched alkanes of at least 4 members (excludes halogenated alkanes) is 2. The number of thioether (sulfide) groups is 1. The quantitative estimate of drug-likeness (QED) is 0.115. The molecular formula is C39H51N3O7S2. The highest BCUT2D eigenvalue weighted by molar-refractivity contribution is 7.98. The average Bonchev–Trinajstić information content (AvgIpc) is 3.22. The predicted octanol–water partition coefficient (Wildman–Crippen LogP) is 7.31. The van der Waals surface area contributed by atoms with Gasteiger partial charge in [-0.2, -0.15) is 0 Å². The zero-order chi connectivity index (χ0) is 37.0. The number of para-hydroxylation sites is 1. The normalized spacial score (nSPS) is 15.9. The fourth-order valence-electron chi connectivity index (χ4n) is 6.67. The zero-order valence-electron chi connectivity index (χ0n) is 30.0. The highest BCUT2D eigenvalue weighted by atomic mass is 32.2. The number of anilines is 2. The third kappa shape index (κ3) is 10.3. The number of carbonyl (C=O) groups excluding carboxylic acids is 2. The Kier molecular flexibility index (Phi) is 14.4. The van der Waals surface area contributed by atoms with Crippen molar-refractivity contribution in [2.45, 2.75) is 94.0 Å². The Bertz CT molecular complexity index is 1730. The van der Waals surface area contributed by atoms with E-state index >= 15 is 0 Å². The van der Waals surface area contributed by atoms with E-state index in [2.05, 4.69) is 29.4 Å². The number of carbonyl (C=O) groups is 3. The number of rotatable bonds is 18. The summed E-state index contributed by atoms with van der Waals surface area (Å²) in [7, 11) is -3.80. The highest BCUT2D eigenvalue weighted by Gasteiger charge is 2.42. The number of ether oxygens (including phenoxy) is 1. The molecule has 0 fully saturated rings. The molecule has 0 aliphatic carbocycles. The number of carboxylic acid groups (broad SMARTS) is 1. The SMILES string of the molecule is CCCCC1(CCCC)CN(c2ccccc2)c2cc(SC)c(OCC(=O)N[C@@H](C(=O)N[C@@H](CCC)C(=O)O)c3ccccc3)cc2S(=O)(=O)C1. The van der Waals surface area contributed by atoms with Crippen LogP contribution in [0.3, 0.4) is 0 Å². The summed E-state index contributed by atoms with van der Waals surface area (Å²) >= 11 is 1.38. The van der Waals surface area contributed by atoms with Crippen LogP contribution in [0.1, 0.15) is 83.7 Å². The van der Waals surface area contributed by atoms with E-state index in [0.717, 1.165) is 44.2 Å². The van der Waals surface area contributed by atoms with Crippen LogP contribution < -0.4 is 20.3 Å². The molecule has 0 aromatic heterocycles. The number of hydrogen-bond donors (Lipinski definition) is 3. The van der Waals surface area contributed by atoms with Crippen molar-refractivity contribution in [3.63, 3.8) is 0 Å². The lowest BCUT2D eigenvalue weighted by atomic mass is 9.79. The number of hydrogen-bond acceptors (Lipinski definition) is 8. The molecule has 4 rings (SSSR count). The van der Waals surface area contributed by atoms with E-state index in [1.165, 1.54) is 11.8 Å². The highest BCUT2D eigenvalue weighted by Crippen LogP contribution is 2.47. The van der Waals surface area contributed by atoms with Crippen molar-refractivity contribution in [1.82, 2.24) is 10.6 Å². The number of sulfone groups is 1. The Hall–Kier alpha value is -4.03. The first kappa shape index (κ1) is 39.8. The largest absolute Gasteiger partial charge is 0.483 e. The first-order valence-electron chi connectivity index (χ1n) is 17.7.